The van der Waals surface area contributed by atoms with Crippen molar-refractivity contribution in [2.24, 2.45) is 0 Å². The second-order valence-electron chi connectivity index (χ2n) is 2.48. The van der Waals surface area contributed by atoms with Crippen molar-refractivity contribution in [1.82, 2.24) is 0 Å². The number of Topliss-reactive ketones (excluding diaryl/α,β-unsaturated/α-hetero) is 1. The average molecular weight is 168 g/mol. The van der Waals surface area contributed by atoms with Crippen LogP contribution in [0.15, 0.2) is 18.2 Å². The Morgan fingerprint density at radius 3 is 3.00 bits per heavy atom. The molecule has 4 heteroatoms. The molecule has 0 saturated carbocycles. The van der Waals surface area contributed by atoms with Gasteiger partial charge in [-0.2, -0.15) is 4.39 Å². The molecule has 0 spiro atoms. The Labute approximate surface area is 67.4 Å². The molecule has 1 aliphatic rings. The number of ether oxygens (including phenoxy) is 1. The monoisotopic (exact) mass is 168 g/mol. The maximum absolute atomic E-state index is 12.6. The highest BCUT2D eigenvalue weighted by Crippen LogP contribution is 2.32. The van der Waals surface area contributed by atoms with E-state index in [1.807, 2.05) is 0 Å². The van der Waals surface area contributed by atoms with E-state index in [1.165, 1.54) is 18.2 Å². The SMILES string of the molecule is O=C1c2ccc(O)cc2OC1F. The Hall–Kier alpha value is -1.58. The van der Waals surface area contributed by atoms with Gasteiger partial charge >= 0.3 is 6.36 Å². The molecule has 0 radical (unpaired) electrons. The van der Waals surface area contributed by atoms with Crippen LogP contribution in [0.5, 0.6) is 11.5 Å². The van der Waals surface area contributed by atoms with Crippen LogP contribution in [0.4, 0.5) is 4.39 Å². The number of phenolic OH excluding ortho intramolecular Hbond substituents is 1. The van der Waals surface area contributed by atoms with Gasteiger partial charge in [0.2, 0.25) is 5.78 Å². The first-order chi connectivity index (χ1) is 5.68. The van der Waals surface area contributed by atoms with Crippen molar-refractivity contribution < 1.29 is 19.0 Å². The predicted molar refractivity (Wildman–Crippen MR) is 38.0 cm³/mol. The maximum Gasteiger partial charge on any atom is 0.301 e. The summed E-state index contributed by atoms with van der Waals surface area (Å²) in [5, 5.41) is 8.96. The Morgan fingerprint density at radius 2 is 2.25 bits per heavy atom. The minimum atomic E-state index is -1.92. The van der Waals surface area contributed by atoms with Crippen molar-refractivity contribution in [2.75, 3.05) is 0 Å². The maximum atomic E-state index is 12.6. The van der Waals surface area contributed by atoms with E-state index in [1.54, 1.807) is 0 Å². The molecule has 0 fully saturated rings. The molecule has 62 valence electrons. The van der Waals surface area contributed by atoms with Gasteiger partial charge in [0.1, 0.15) is 11.5 Å². The van der Waals surface area contributed by atoms with Gasteiger partial charge in [-0.05, 0) is 12.1 Å². The fraction of sp³-hybridized carbons (Fsp3) is 0.125. The van der Waals surface area contributed by atoms with Crippen molar-refractivity contribution in [1.29, 1.82) is 0 Å². The molecule has 2 rings (SSSR count). The lowest BCUT2D eigenvalue weighted by atomic mass is 10.1. The zero-order valence-corrected chi connectivity index (χ0v) is 5.95. The topological polar surface area (TPSA) is 46.5 Å². The third kappa shape index (κ3) is 0.845. The highest BCUT2D eigenvalue weighted by Gasteiger charge is 2.32. The molecule has 1 aromatic rings. The predicted octanol–water partition coefficient (Wildman–Crippen LogP) is 1.26. The van der Waals surface area contributed by atoms with Gasteiger partial charge in [0.05, 0.1) is 5.56 Å². The fourth-order valence-electron chi connectivity index (χ4n) is 1.10. The molecular weight excluding hydrogens is 163 g/mol. The number of ketones is 1. The first-order valence-corrected chi connectivity index (χ1v) is 3.36. The number of hydrogen-bond acceptors (Lipinski definition) is 3. The van der Waals surface area contributed by atoms with Crippen molar-refractivity contribution in [2.45, 2.75) is 6.36 Å². The molecule has 1 N–H and O–H groups in total. The molecular formula is C8H5FO3. The molecule has 1 unspecified atom stereocenters. The van der Waals surface area contributed by atoms with Gasteiger partial charge in [0, 0.05) is 6.07 Å². The Morgan fingerprint density at radius 1 is 1.50 bits per heavy atom. The van der Waals surface area contributed by atoms with Crippen LogP contribution < -0.4 is 4.74 Å². The van der Waals surface area contributed by atoms with Crippen molar-refractivity contribution in [3.05, 3.63) is 23.8 Å². The van der Waals surface area contributed by atoms with Gasteiger partial charge in [-0.15, -0.1) is 0 Å². The standard InChI is InChI=1S/C8H5FO3/c9-8-7(11)5-2-1-4(10)3-6(5)12-8/h1-3,8,10H. The van der Waals surface area contributed by atoms with Gasteiger partial charge < -0.3 is 9.84 Å². The third-order valence-electron chi connectivity index (χ3n) is 1.67. The number of benzene rings is 1. The molecule has 3 nitrogen and oxygen atoms in total. The minimum Gasteiger partial charge on any atom is -0.508 e. The quantitative estimate of drug-likeness (QED) is 0.634. The van der Waals surface area contributed by atoms with E-state index >= 15 is 0 Å². The molecule has 1 aromatic carbocycles. The van der Waals surface area contributed by atoms with Crippen LogP contribution in [-0.2, 0) is 0 Å². The largest absolute Gasteiger partial charge is 0.508 e. The van der Waals surface area contributed by atoms with E-state index in [0.29, 0.717) is 0 Å². The molecule has 0 aliphatic carbocycles. The summed E-state index contributed by atoms with van der Waals surface area (Å²) in [6.45, 7) is 0. The first-order valence-electron chi connectivity index (χ1n) is 3.36. The molecule has 1 heterocycles. The van der Waals surface area contributed by atoms with E-state index in [4.69, 9.17) is 5.11 Å². The smallest absolute Gasteiger partial charge is 0.301 e. The summed E-state index contributed by atoms with van der Waals surface area (Å²) >= 11 is 0. The van der Waals surface area contributed by atoms with Crippen LogP contribution in [0, 0.1) is 0 Å². The van der Waals surface area contributed by atoms with Crippen molar-refractivity contribution in [3.63, 3.8) is 0 Å². The van der Waals surface area contributed by atoms with Crippen LogP contribution in [0.2, 0.25) is 0 Å². The number of hydrogen-bond donors (Lipinski definition) is 1. The summed E-state index contributed by atoms with van der Waals surface area (Å²) in [6.07, 6.45) is -1.92. The summed E-state index contributed by atoms with van der Waals surface area (Å²) in [4.78, 5) is 10.9. The first kappa shape index (κ1) is 7.09. The minimum absolute atomic E-state index is 0.0457. The number of phenols is 1. The fourth-order valence-corrected chi connectivity index (χ4v) is 1.10. The summed E-state index contributed by atoms with van der Waals surface area (Å²) < 4.78 is 17.1. The number of aromatic hydroxyl groups is 1. The van der Waals surface area contributed by atoms with Crippen LogP contribution in [-0.4, -0.2) is 17.2 Å². The highest BCUT2D eigenvalue weighted by atomic mass is 19.1. The Bertz CT molecular complexity index is 348. The number of fused-ring (bicyclic) bond motifs is 1. The zero-order chi connectivity index (χ0) is 8.72. The van der Waals surface area contributed by atoms with Crippen LogP contribution in [0.1, 0.15) is 10.4 Å². The number of carbonyl (C=O) groups excluding carboxylic acids is 1. The molecule has 1 atom stereocenters. The van der Waals surface area contributed by atoms with Gasteiger partial charge in [0.25, 0.3) is 0 Å². The summed E-state index contributed by atoms with van der Waals surface area (Å²) in [5.74, 6) is -0.631. The normalized spacial score (nSPS) is 20.4. The second kappa shape index (κ2) is 2.20. The highest BCUT2D eigenvalue weighted by molar-refractivity contribution is 6.03. The lowest BCUT2D eigenvalue weighted by Crippen LogP contribution is -2.12. The summed E-state index contributed by atoms with van der Waals surface area (Å²) in [6, 6.07) is 3.87. The van der Waals surface area contributed by atoms with E-state index in [2.05, 4.69) is 4.74 Å². The van der Waals surface area contributed by atoms with Crippen molar-refractivity contribution in [3.8, 4) is 11.5 Å². The van der Waals surface area contributed by atoms with Gasteiger partial charge in [-0.25, -0.2) is 0 Å². The molecule has 0 saturated heterocycles. The summed E-state index contributed by atoms with van der Waals surface area (Å²) in [7, 11) is 0. The lowest BCUT2D eigenvalue weighted by molar-refractivity contribution is 0.0560. The van der Waals surface area contributed by atoms with Gasteiger partial charge in [0.15, 0.2) is 0 Å². The number of carbonyl (C=O) groups is 1. The van der Waals surface area contributed by atoms with E-state index in [0.717, 1.165) is 0 Å². The third-order valence-corrected chi connectivity index (χ3v) is 1.67. The number of halogens is 1. The van der Waals surface area contributed by atoms with Gasteiger partial charge in [-0.3, -0.25) is 4.79 Å². The number of rotatable bonds is 0. The van der Waals surface area contributed by atoms with Gasteiger partial charge in [-0.1, -0.05) is 0 Å². The van der Waals surface area contributed by atoms with E-state index in [9.17, 15) is 9.18 Å². The van der Waals surface area contributed by atoms with Crippen LogP contribution >= 0.6 is 0 Å². The van der Waals surface area contributed by atoms with E-state index < -0.39 is 12.1 Å². The molecule has 12 heavy (non-hydrogen) atoms. The Balaban J connectivity index is 2.54. The van der Waals surface area contributed by atoms with E-state index in [-0.39, 0.29) is 17.1 Å². The number of alkyl halides is 1. The van der Waals surface area contributed by atoms with Crippen LogP contribution in [0.25, 0.3) is 0 Å². The van der Waals surface area contributed by atoms with Crippen molar-refractivity contribution >= 4 is 5.78 Å². The molecule has 0 aromatic heterocycles. The Kier molecular flexibility index (Phi) is 1.30. The lowest BCUT2D eigenvalue weighted by Gasteiger charge is -1.97. The molecule has 0 bridgehead atoms. The summed E-state index contributed by atoms with van der Waals surface area (Å²) in [5.41, 5.74) is 0.181. The molecule has 1 aliphatic heterocycles. The average Bonchev–Trinajstić information content (AvgIpc) is 2.28. The second-order valence-corrected chi connectivity index (χ2v) is 2.48. The molecule has 0 amide bonds. The van der Waals surface area contributed by atoms with Crippen LogP contribution in [0.3, 0.4) is 0 Å². The zero-order valence-electron chi connectivity index (χ0n) is 5.95.